The molecule has 1 saturated carbocycles. The van der Waals surface area contributed by atoms with Crippen molar-refractivity contribution in [2.45, 2.75) is 50.8 Å². The van der Waals surface area contributed by atoms with Gasteiger partial charge in [0.25, 0.3) is 5.91 Å². The van der Waals surface area contributed by atoms with E-state index in [0.29, 0.717) is 23.6 Å². The van der Waals surface area contributed by atoms with E-state index in [9.17, 15) is 9.59 Å². The zero-order chi connectivity index (χ0) is 22.1. The second kappa shape index (κ2) is 12.0. The van der Waals surface area contributed by atoms with Gasteiger partial charge in [0.15, 0.2) is 0 Å². The maximum absolute atomic E-state index is 12.9. The fourth-order valence-electron chi connectivity index (χ4n) is 3.64. The average molecular weight is 461 g/mol. The minimum atomic E-state index is -0.640. The van der Waals surface area contributed by atoms with Crippen molar-refractivity contribution < 1.29 is 14.3 Å². The highest BCUT2D eigenvalue weighted by Crippen LogP contribution is 2.26. The smallest absolute Gasteiger partial charge is 0.253 e. The molecule has 2 aromatic rings. The van der Waals surface area contributed by atoms with E-state index in [4.69, 9.17) is 16.3 Å². The number of benzene rings is 2. The number of rotatable bonds is 10. The Hall–Kier alpha value is -2.18. The van der Waals surface area contributed by atoms with Crippen molar-refractivity contribution in [2.24, 2.45) is 0 Å². The monoisotopic (exact) mass is 460 g/mol. The topological polar surface area (TPSA) is 67.4 Å². The SMILES string of the molecule is CSCCC(NC(=O)c1ccccc1Cl)C(=O)NCc1ccccc1OC1CCCC1. The Labute approximate surface area is 193 Å². The van der Waals surface area contributed by atoms with E-state index in [-0.39, 0.29) is 17.9 Å². The number of para-hydroxylation sites is 1. The number of hydrogen-bond acceptors (Lipinski definition) is 4. The molecule has 7 heteroatoms. The lowest BCUT2D eigenvalue weighted by atomic mass is 10.1. The van der Waals surface area contributed by atoms with E-state index in [1.807, 2.05) is 30.5 Å². The second-order valence-electron chi connectivity index (χ2n) is 7.64. The summed E-state index contributed by atoms with van der Waals surface area (Å²) in [6.07, 6.45) is 7.31. The predicted octanol–water partition coefficient (Wildman–Crippen LogP) is 4.83. The van der Waals surface area contributed by atoms with Gasteiger partial charge in [-0.25, -0.2) is 0 Å². The predicted molar refractivity (Wildman–Crippen MR) is 127 cm³/mol. The number of thioether (sulfide) groups is 1. The first-order valence-corrected chi connectivity index (χ1v) is 12.4. The Balaban J connectivity index is 1.63. The Morgan fingerprint density at radius 2 is 1.84 bits per heavy atom. The highest BCUT2D eigenvalue weighted by Gasteiger charge is 2.23. The van der Waals surface area contributed by atoms with Gasteiger partial charge in [0.1, 0.15) is 11.8 Å². The van der Waals surface area contributed by atoms with Crippen LogP contribution in [0, 0.1) is 0 Å². The molecule has 5 nitrogen and oxygen atoms in total. The van der Waals surface area contributed by atoms with Crippen LogP contribution < -0.4 is 15.4 Å². The van der Waals surface area contributed by atoms with Crippen molar-refractivity contribution in [1.82, 2.24) is 10.6 Å². The molecule has 1 aliphatic rings. The Bertz CT molecular complexity index is 887. The van der Waals surface area contributed by atoms with Crippen molar-refractivity contribution in [2.75, 3.05) is 12.0 Å². The molecular formula is C24H29ClN2O3S. The normalized spacial score (nSPS) is 14.8. The van der Waals surface area contributed by atoms with Crippen LogP contribution in [0.1, 0.15) is 48.0 Å². The van der Waals surface area contributed by atoms with Crippen LogP contribution in [-0.4, -0.2) is 36.0 Å². The summed E-state index contributed by atoms with van der Waals surface area (Å²) >= 11 is 7.77. The molecule has 31 heavy (non-hydrogen) atoms. The molecule has 1 unspecified atom stereocenters. The molecule has 2 N–H and O–H groups in total. The number of carbonyl (C=O) groups is 2. The molecule has 0 aliphatic heterocycles. The van der Waals surface area contributed by atoms with Gasteiger partial charge in [-0.15, -0.1) is 0 Å². The van der Waals surface area contributed by atoms with Crippen LogP contribution in [-0.2, 0) is 11.3 Å². The molecule has 166 valence electrons. The van der Waals surface area contributed by atoms with Crippen molar-refractivity contribution in [3.05, 3.63) is 64.7 Å². The number of amides is 2. The number of ether oxygens (including phenoxy) is 1. The molecule has 0 radical (unpaired) electrons. The first-order chi connectivity index (χ1) is 15.1. The fraction of sp³-hybridized carbons (Fsp3) is 0.417. The van der Waals surface area contributed by atoms with Gasteiger partial charge < -0.3 is 15.4 Å². The summed E-state index contributed by atoms with van der Waals surface area (Å²) in [4.78, 5) is 25.6. The summed E-state index contributed by atoms with van der Waals surface area (Å²) in [7, 11) is 0. The molecule has 2 aromatic carbocycles. The lowest BCUT2D eigenvalue weighted by Crippen LogP contribution is -2.47. The minimum Gasteiger partial charge on any atom is -0.490 e. The average Bonchev–Trinajstić information content (AvgIpc) is 3.29. The fourth-order valence-corrected chi connectivity index (χ4v) is 4.33. The van der Waals surface area contributed by atoms with Crippen LogP contribution >= 0.6 is 23.4 Å². The number of halogens is 1. The Morgan fingerprint density at radius 1 is 1.13 bits per heavy atom. The highest BCUT2D eigenvalue weighted by atomic mass is 35.5. The van der Waals surface area contributed by atoms with Crippen LogP contribution in [0.4, 0.5) is 0 Å². The van der Waals surface area contributed by atoms with E-state index >= 15 is 0 Å². The van der Waals surface area contributed by atoms with E-state index in [1.54, 1.807) is 36.0 Å². The van der Waals surface area contributed by atoms with Gasteiger partial charge in [-0.05, 0) is 62.3 Å². The van der Waals surface area contributed by atoms with Gasteiger partial charge in [0.2, 0.25) is 5.91 Å². The molecule has 3 rings (SSSR count). The van der Waals surface area contributed by atoms with E-state index in [0.717, 1.165) is 29.9 Å². The van der Waals surface area contributed by atoms with Gasteiger partial charge in [0, 0.05) is 12.1 Å². The molecule has 1 fully saturated rings. The Kier molecular flexibility index (Phi) is 9.10. The largest absolute Gasteiger partial charge is 0.490 e. The van der Waals surface area contributed by atoms with Crippen LogP contribution in [0.15, 0.2) is 48.5 Å². The molecule has 0 spiro atoms. The molecule has 2 amide bonds. The lowest BCUT2D eigenvalue weighted by molar-refractivity contribution is -0.123. The van der Waals surface area contributed by atoms with Crippen molar-refractivity contribution in [1.29, 1.82) is 0 Å². The van der Waals surface area contributed by atoms with Crippen molar-refractivity contribution in [3.63, 3.8) is 0 Å². The first kappa shape index (κ1) is 23.5. The summed E-state index contributed by atoms with van der Waals surface area (Å²) in [5.41, 5.74) is 1.30. The van der Waals surface area contributed by atoms with E-state index in [2.05, 4.69) is 10.6 Å². The summed E-state index contributed by atoms with van der Waals surface area (Å²) in [6.45, 7) is 0.347. The number of carbonyl (C=O) groups excluding carboxylic acids is 2. The summed E-state index contributed by atoms with van der Waals surface area (Å²) in [5, 5.41) is 6.17. The molecule has 0 aromatic heterocycles. The molecule has 0 bridgehead atoms. The lowest BCUT2D eigenvalue weighted by Gasteiger charge is -2.20. The van der Waals surface area contributed by atoms with Gasteiger partial charge in [-0.3, -0.25) is 9.59 Å². The maximum atomic E-state index is 12.9. The third-order valence-corrected chi connectivity index (χ3v) is 6.35. The highest BCUT2D eigenvalue weighted by molar-refractivity contribution is 7.98. The van der Waals surface area contributed by atoms with Crippen molar-refractivity contribution in [3.8, 4) is 5.75 Å². The summed E-state index contributed by atoms with van der Waals surface area (Å²) < 4.78 is 6.16. The molecule has 0 heterocycles. The minimum absolute atomic E-state index is 0.217. The molecule has 0 saturated heterocycles. The summed E-state index contributed by atoms with van der Waals surface area (Å²) in [5.74, 6) is 1.000. The summed E-state index contributed by atoms with van der Waals surface area (Å²) in [6, 6.07) is 14.0. The van der Waals surface area contributed by atoms with Gasteiger partial charge >= 0.3 is 0 Å². The zero-order valence-electron chi connectivity index (χ0n) is 17.7. The molecular weight excluding hydrogens is 432 g/mol. The number of hydrogen-bond donors (Lipinski definition) is 2. The van der Waals surface area contributed by atoms with Gasteiger partial charge in [-0.2, -0.15) is 11.8 Å². The van der Waals surface area contributed by atoms with Crippen LogP contribution in [0.25, 0.3) is 0 Å². The third kappa shape index (κ3) is 6.91. The van der Waals surface area contributed by atoms with E-state index < -0.39 is 6.04 Å². The Morgan fingerprint density at radius 3 is 2.58 bits per heavy atom. The molecule has 1 aliphatic carbocycles. The van der Waals surface area contributed by atoms with Crippen molar-refractivity contribution >= 4 is 35.2 Å². The van der Waals surface area contributed by atoms with Crippen LogP contribution in [0.2, 0.25) is 5.02 Å². The standard InChI is InChI=1S/C24H29ClN2O3S/c1-31-15-14-21(27-23(28)19-11-5-6-12-20(19)25)24(29)26-16-17-8-2-7-13-22(17)30-18-9-3-4-10-18/h2,5-8,11-13,18,21H,3-4,9-10,14-16H2,1H3,(H,26,29)(H,27,28). The number of nitrogens with one attached hydrogen (secondary N) is 2. The maximum Gasteiger partial charge on any atom is 0.253 e. The van der Waals surface area contributed by atoms with Gasteiger partial charge in [0.05, 0.1) is 16.7 Å². The third-order valence-electron chi connectivity index (χ3n) is 5.37. The van der Waals surface area contributed by atoms with Crippen LogP contribution in [0.3, 0.4) is 0 Å². The van der Waals surface area contributed by atoms with E-state index in [1.165, 1.54) is 12.8 Å². The zero-order valence-corrected chi connectivity index (χ0v) is 19.3. The first-order valence-electron chi connectivity index (χ1n) is 10.6. The quantitative estimate of drug-likeness (QED) is 0.533. The second-order valence-corrected chi connectivity index (χ2v) is 9.03. The van der Waals surface area contributed by atoms with Gasteiger partial charge in [-0.1, -0.05) is 41.9 Å². The van der Waals surface area contributed by atoms with Crippen LogP contribution in [0.5, 0.6) is 5.75 Å². The molecule has 1 atom stereocenters.